The number of aliphatic imine (C=N–C) groups is 1. The van der Waals surface area contributed by atoms with Gasteiger partial charge in [0.1, 0.15) is 23.2 Å². The van der Waals surface area contributed by atoms with Crippen molar-refractivity contribution in [3.63, 3.8) is 0 Å². The zero-order chi connectivity index (χ0) is 72.5. The molecule has 532 valence electrons. The lowest BCUT2D eigenvalue weighted by molar-refractivity contribution is -0.148. The van der Waals surface area contributed by atoms with Gasteiger partial charge < -0.3 is 62.5 Å². The lowest BCUT2D eigenvalue weighted by Crippen LogP contribution is -2.54. The van der Waals surface area contributed by atoms with Crippen LogP contribution >= 0.6 is 0 Å². The van der Waals surface area contributed by atoms with E-state index in [9.17, 15) is 58.2 Å². The molecule has 96 heavy (non-hydrogen) atoms. The Labute approximate surface area is 567 Å². The topological polar surface area (TPSA) is 363 Å². The Balaban J connectivity index is 2.03. The molecule has 10 atom stereocenters. The van der Waals surface area contributed by atoms with Crippen LogP contribution in [0.15, 0.2) is 96.0 Å². The minimum absolute atomic E-state index is 0.00574. The number of amides is 5. The van der Waals surface area contributed by atoms with E-state index in [2.05, 4.69) is 31.6 Å². The highest BCUT2D eigenvalue weighted by molar-refractivity contribution is 5.98. The number of carboxylic acid groups (broad SMARTS) is 1. The maximum atomic E-state index is 14.9. The molecule has 0 radical (unpaired) electrons. The number of nitrogens with one attached hydrogen (secondary N) is 5. The van der Waals surface area contributed by atoms with E-state index in [-0.39, 0.29) is 44.3 Å². The second-order valence-electron chi connectivity index (χ2n) is 28.8. The summed E-state index contributed by atoms with van der Waals surface area (Å²) in [5.74, 6) is -11.7. The number of hydrogen-bond donors (Lipinski definition) is 9. The van der Waals surface area contributed by atoms with Crippen molar-refractivity contribution >= 4 is 64.8 Å². The molecule has 5 amide bonds. The molecule has 1 unspecified atom stereocenters. The molecule has 3 aromatic rings. The van der Waals surface area contributed by atoms with E-state index < -0.39 is 186 Å². The van der Waals surface area contributed by atoms with Crippen LogP contribution in [0, 0.1) is 35.5 Å². The normalized spacial score (nSPS) is 15.2. The molecule has 0 bridgehead atoms. The van der Waals surface area contributed by atoms with Gasteiger partial charge in [0.15, 0.2) is 29.1 Å². The van der Waals surface area contributed by atoms with Gasteiger partial charge in [-0.25, -0.2) is 4.79 Å². The van der Waals surface area contributed by atoms with Crippen LogP contribution in [-0.4, -0.2) is 141 Å². The number of guanidine groups is 1. The fourth-order valence-corrected chi connectivity index (χ4v) is 11.1. The molecule has 3 aromatic carbocycles. The number of carboxylic acids is 1. The Bertz CT molecular complexity index is 2970. The van der Waals surface area contributed by atoms with Gasteiger partial charge in [0, 0.05) is 50.5 Å². The third kappa shape index (κ3) is 28.1. The van der Waals surface area contributed by atoms with E-state index >= 15 is 0 Å². The van der Waals surface area contributed by atoms with Crippen LogP contribution < -0.4 is 38.1 Å². The summed E-state index contributed by atoms with van der Waals surface area (Å²) in [4.78, 5) is 146. The van der Waals surface area contributed by atoms with E-state index in [0.717, 1.165) is 0 Å². The summed E-state index contributed by atoms with van der Waals surface area (Å²) >= 11 is 0. The van der Waals surface area contributed by atoms with Crippen LogP contribution in [0.25, 0.3) is 0 Å². The molecule has 0 heterocycles. The zero-order valence-corrected chi connectivity index (χ0v) is 59.4. The second kappa shape index (κ2) is 38.2. The number of ketones is 4. The minimum atomic E-state index is -1.61. The first-order valence-electron chi connectivity index (χ1n) is 33.4. The summed E-state index contributed by atoms with van der Waals surface area (Å²) in [5, 5.41) is 35.5. The highest BCUT2D eigenvalue weighted by atomic mass is 16.6. The van der Waals surface area contributed by atoms with Crippen molar-refractivity contribution in [2.45, 2.75) is 234 Å². The van der Waals surface area contributed by atoms with E-state index in [1.54, 1.807) is 90.0 Å². The highest BCUT2D eigenvalue weighted by Crippen LogP contribution is 2.37. The molecule has 23 nitrogen and oxygen atoms in total. The van der Waals surface area contributed by atoms with Crippen molar-refractivity contribution in [3.05, 3.63) is 108 Å². The summed E-state index contributed by atoms with van der Waals surface area (Å²) in [7, 11) is 0. The van der Waals surface area contributed by atoms with Crippen molar-refractivity contribution in [2.75, 3.05) is 13.2 Å². The quantitative estimate of drug-likeness (QED) is 0.0112. The maximum Gasteiger partial charge on any atom is 0.408 e. The van der Waals surface area contributed by atoms with E-state index in [1.807, 2.05) is 112 Å². The molecular weight excluding hydrogens is 1230 g/mol. The number of nitrogens with zero attached hydrogens (tertiary/aromatic N) is 1. The number of hydrogen-bond acceptors (Lipinski definition) is 15. The first kappa shape index (κ1) is 82.3. The first-order chi connectivity index (χ1) is 44.7. The molecule has 11 N–H and O–H groups in total. The van der Waals surface area contributed by atoms with Gasteiger partial charge in [0.25, 0.3) is 0 Å². The Morgan fingerprint density at radius 1 is 0.562 bits per heavy atom. The Kier molecular flexibility index (Phi) is 32.7. The van der Waals surface area contributed by atoms with Crippen molar-refractivity contribution in [2.24, 2.45) is 52.0 Å². The molecule has 0 saturated carbocycles. The molecule has 0 spiro atoms. The van der Waals surface area contributed by atoms with Crippen molar-refractivity contribution < 1.29 is 72.4 Å². The summed E-state index contributed by atoms with van der Waals surface area (Å²) in [6.45, 7) is 27.3. The first-order valence-corrected chi connectivity index (χ1v) is 33.4. The van der Waals surface area contributed by atoms with Crippen LogP contribution in [0.1, 0.15) is 192 Å². The van der Waals surface area contributed by atoms with Gasteiger partial charge in [-0.2, -0.15) is 0 Å². The molecule has 0 aliphatic rings. The standard InChI is InChI=1S/C73H110N8O15/c1-17-46(6)53(41-58(84)54(34-27-37-76-68(74)75)78-65(89)48(38-44(2)3)39-59(85)63(64(88)45(4)5)80-69(93)96-72(14,15)16)66(90)79-62(47(7)95-71(11,12)13)56(82)35-36-60(86)77-55(57(83)40-49(67(91)92)43-94-70(8,9)10)42-61(87)81-73(50-28-21-18-22-29-50,51-30-23-19-24-31-51)52-32-25-20-26-33-52/h18-26,28-33,44-49,53-55,62-64,88H,17,27,34-43H2,1-16H3,(H,77,86)(H,78,89)(H,79,90)(H,80,93)(H,81,87)(H,91,92)(H4,74,75,76)/t46-,47-,48+,49-,53?,54+,55-,62-,63+,64+/m0/s1. The van der Waals surface area contributed by atoms with Crippen molar-refractivity contribution in [1.29, 1.82) is 0 Å². The predicted molar refractivity (Wildman–Crippen MR) is 368 cm³/mol. The number of alkyl carbamates (subject to hydrolysis) is 1. The smallest absolute Gasteiger partial charge is 0.408 e. The number of carbonyl (C=O) groups excluding carboxylic acids is 9. The Morgan fingerprint density at radius 2 is 1.08 bits per heavy atom. The van der Waals surface area contributed by atoms with Gasteiger partial charge in [-0.15, -0.1) is 0 Å². The number of rotatable bonds is 40. The number of aliphatic hydroxyl groups is 1. The third-order valence-corrected chi connectivity index (χ3v) is 16.2. The zero-order valence-electron chi connectivity index (χ0n) is 59.4. The second-order valence-corrected chi connectivity index (χ2v) is 28.8. The summed E-state index contributed by atoms with van der Waals surface area (Å²) < 4.78 is 17.5. The summed E-state index contributed by atoms with van der Waals surface area (Å²) in [5.41, 5.74) is 9.37. The number of aliphatic hydroxyl groups excluding tert-OH is 1. The molecule has 0 aromatic heterocycles. The number of carbonyl (C=O) groups is 10. The lowest BCUT2D eigenvalue weighted by Gasteiger charge is -2.37. The van der Waals surface area contributed by atoms with Crippen LogP contribution in [0.4, 0.5) is 4.79 Å². The number of aliphatic carboxylic acids is 1. The molecule has 0 aliphatic heterocycles. The monoisotopic (exact) mass is 1340 g/mol. The fourth-order valence-electron chi connectivity index (χ4n) is 11.1. The molecule has 0 fully saturated rings. The number of benzene rings is 3. The average Bonchev–Trinajstić information content (AvgIpc) is 0.755. The molecule has 0 saturated heterocycles. The van der Waals surface area contributed by atoms with Crippen LogP contribution in [0.3, 0.4) is 0 Å². The Morgan fingerprint density at radius 3 is 1.54 bits per heavy atom. The van der Waals surface area contributed by atoms with Gasteiger partial charge in [-0.3, -0.25) is 48.1 Å². The molecule has 0 aliphatic carbocycles. The summed E-state index contributed by atoms with van der Waals surface area (Å²) in [6, 6.07) is 21.9. The maximum absolute atomic E-state index is 14.9. The van der Waals surface area contributed by atoms with Gasteiger partial charge in [-0.1, -0.05) is 139 Å². The van der Waals surface area contributed by atoms with Gasteiger partial charge in [0.05, 0.1) is 54.4 Å². The molecule has 3 rings (SSSR count). The highest BCUT2D eigenvalue weighted by Gasteiger charge is 2.42. The van der Waals surface area contributed by atoms with Crippen LogP contribution in [-0.2, 0) is 62.9 Å². The number of ether oxygens (including phenoxy) is 3. The van der Waals surface area contributed by atoms with E-state index in [0.29, 0.717) is 23.1 Å². The van der Waals surface area contributed by atoms with E-state index in [1.165, 1.54) is 0 Å². The van der Waals surface area contributed by atoms with Gasteiger partial charge in [0.2, 0.25) is 23.6 Å². The summed E-state index contributed by atoms with van der Waals surface area (Å²) in [6.07, 6.45) is -5.77. The molecule has 23 heteroatoms. The predicted octanol–water partition coefficient (Wildman–Crippen LogP) is 8.17. The van der Waals surface area contributed by atoms with Crippen LogP contribution in [0.5, 0.6) is 0 Å². The lowest BCUT2D eigenvalue weighted by atomic mass is 9.76. The fraction of sp³-hybridized carbons (Fsp3) is 0.603. The van der Waals surface area contributed by atoms with Crippen molar-refractivity contribution in [1.82, 2.24) is 26.6 Å². The average molecular weight is 1340 g/mol. The van der Waals surface area contributed by atoms with Gasteiger partial charge >= 0.3 is 12.1 Å². The minimum Gasteiger partial charge on any atom is -0.481 e. The van der Waals surface area contributed by atoms with Gasteiger partial charge in [-0.05, 0) is 123 Å². The number of Topliss-reactive ketones (excluding diaryl/α,β-unsaturated/α-hetero) is 4. The molecular formula is C73H110N8O15. The SMILES string of the molecule is CC[C@H](C)C(CC(=O)[C@@H](CCCN=C(N)N)NC(=O)[C@@H](CC(=O)[C@@H](NC(=O)OC(C)(C)C)[C@H](O)C(C)C)CC(C)C)C(=O)N[C@H](C(=O)CCC(=O)N[C@@H](CC(=O)NC(c1ccccc1)(c1ccccc1)c1ccccc1)C(=O)C[C@@H](COC(C)(C)C)C(=O)O)[C@H](C)OC(C)(C)C. The van der Waals surface area contributed by atoms with Crippen LogP contribution in [0.2, 0.25) is 0 Å². The Hall–Kier alpha value is -7.89. The largest absolute Gasteiger partial charge is 0.481 e. The van der Waals surface area contributed by atoms with Crippen molar-refractivity contribution in [3.8, 4) is 0 Å². The number of nitrogens with two attached hydrogens (primary N) is 2. The van der Waals surface area contributed by atoms with E-state index in [4.69, 9.17) is 25.7 Å². The third-order valence-electron chi connectivity index (χ3n) is 16.2.